The van der Waals surface area contributed by atoms with Crippen LogP contribution in [0.25, 0.3) is 0 Å². The lowest BCUT2D eigenvalue weighted by Gasteiger charge is -2.19. The van der Waals surface area contributed by atoms with E-state index < -0.39 is 11.7 Å². The van der Waals surface area contributed by atoms with Gasteiger partial charge < -0.3 is 10.1 Å². The quantitative estimate of drug-likeness (QED) is 0.673. The number of aldehydes is 1. The number of ether oxygens (including phenoxy) is 1. The molecule has 0 spiro atoms. The number of carbonyl (C=O) groups is 2. The Hall–Kier alpha value is -1.99. The maximum atomic E-state index is 11.4. The third-order valence-electron chi connectivity index (χ3n) is 2.07. The van der Waals surface area contributed by atoms with E-state index in [4.69, 9.17) is 16.3 Å². The highest BCUT2D eigenvalue weighted by Crippen LogP contribution is 2.15. The molecular formula is C15H16ClNO3. The summed E-state index contributed by atoms with van der Waals surface area (Å²) in [5.74, 6) is 5.58. The lowest BCUT2D eigenvalue weighted by atomic mass is 10.1. The molecule has 0 saturated heterocycles. The second-order valence-electron chi connectivity index (χ2n) is 5.01. The van der Waals surface area contributed by atoms with Gasteiger partial charge in [-0.25, -0.2) is 4.79 Å². The van der Waals surface area contributed by atoms with E-state index in [9.17, 15) is 9.59 Å². The summed E-state index contributed by atoms with van der Waals surface area (Å²) in [5, 5.41) is 2.92. The van der Waals surface area contributed by atoms with Crippen molar-refractivity contribution in [3.05, 3.63) is 34.3 Å². The van der Waals surface area contributed by atoms with E-state index in [1.165, 1.54) is 0 Å². The van der Waals surface area contributed by atoms with E-state index in [1.807, 2.05) is 0 Å². The number of carbonyl (C=O) groups excluding carboxylic acids is 2. The molecule has 5 heteroatoms. The van der Waals surface area contributed by atoms with E-state index in [-0.39, 0.29) is 6.54 Å². The summed E-state index contributed by atoms with van der Waals surface area (Å²) < 4.78 is 5.06. The van der Waals surface area contributed by atoms with Gasteiger partial charge in [-0.1, -0.05) is 29.5 Å². The van der Waals surface area contributed by atoms with Crippen molar-refractivity contribution in [1.29, 1.82) is 0 Å². The molecule has 20 heavy (non-hydrogen) atoms. The Labute approximate surface area is 123 Å². The van der Waals surface area contributed by atoms with Crippen molar-refractivity contribution in [3.8, 4) is 11.8 Å². The first kappa shape index (κ1) is 16.1. The molecule has 106 valence electrons. The van der Waals surface area contributed by atoms with Gasteiger partial charge in [-0.2, -0.15) is 0 Å². The second kappa shape index (κ2) is 6.97. The third kappa shape index (κ3) is 5.77. The van der Waals surface area contributed by atoms with Crippen LogP contribution in [-0.4, -0.2) is 24.5 Å². The van der Waals surface area contributed by atoms with Crippen LogP contribution in [0.1, 0.15) is 36.7 Å². The molecule has 0 fully saturated rings. The van der Waals surface area contributed by atoms with Crippen LogP contribution in [0.3, 0.4) is 0 Å². The fourth-order valence-corrected chi connectivity index (χ4v) is 1.51. The molecule has 0 saturated carbocycles. The summed E-state index contributed by atoms with van der Waals surface area (Å²) in [4.78, 5) is 21.9. The fourth-order valence-electron chi connectivity index (χ4n) is 1.28. The largest absolute Gasteiger partial charge is 0.444 e. The summed E-state index contributed by atoms with van der Waals surface area (Å²) >= 11 is 5.96. The average Bonchev–Trinajstić information content (AvgIpc) is 2.33. The molecule has 1 rings (SSSR count). The molecule has 1 N–H and O–H groups in total. The van der Waals surface area contributed by atoms with Gasteiger partial charge in [0.1, 0.15) is 11.9 Å². The summed E-state index contributed by atoms with van der Waals surface area (Å²) in [5.41, 5.74) is 0.557. The van der Waals surface area contributed by atoms with Crippen LogP contribution in [0.15, 0.2) is 18.2 Å². The van der Waals surface area contributed by atoms with Crippen molar-refractivity contribution in [2.45, 2.75) is 26.4 Å². The Balaban J connectivity index is 2.55. The van der Waals surface area contributed by atoms with Gasteiger partial charge in [-0.05, 0) is 32.9 Å². The fraction of sp³-hybridized carbons (Fsp3) is 0.333. The molecule has 0 aliphatic heterocycles. The van der Waals surface area contributed by atoms with Gasteiger partial charge in [0.05, 0.1) is 11.6 Å². The first-order valence-electron chi connectivity index (χ1n) is 6.02. The van der Waals surface area contributed by atoms with Crippen LogP contribution < -0.4 is 5.32 Å². The second-order valence-corrected chi connectivity index (χ2v) is 5.42. The van der Waals surface area contributed by atoms with Crippen molar-refractivity contribution < 1.29 is 14.3 Å². The number of hydrogen-bond donors (Lipinski definition) is 1. The SMILES string of the molecule is CC(C)(C)OC(=O)NCC#Cc1ccc(C=O)cc1Cl. The molecule has 0 aromatic heterocycles. The molecular weight excluding hydrogens is 278 g/mol. The number of rotatable bonds is 2. The molecule has 0 aliphatic carbocycles. The van der Waals surface area contributed by atoms with Gasteiger partial charge in [0, 0.05) is 11.1 Å². The molecule has 0 atom stereocenters. The summed E-state index contributed by atoms with van der Waals surface area (Å²) in [6.45, 7) is 5.51. The maximum Gasteiger partial charge on any atom is 0.408 e. The van der Waals surface area contributed by atoms with Gasteiger partial charge in [0.15, 0.2) is 0 Å². The highest BCUT2D eigenvalue weighted by Gasteiger charge is 2.14. The molecule has 0 heterocycles. The summed E-state index contributed by atoms with van der Waals surface area (Å²) in [6.07, 6.45) is 0.196. The van der Waals surface area contributed by atoms with Crippen LogP contribution in [-0.2, 0) is 4.74 Å². The number of hydrogen-bond acceptors (Lipinski definition) is 3. The smallest absolute Gasteiger partial charge is 0.408 e. The molecule has 4 nitrogen and oxygen atoms in total. The van der Waals surface area contributed by atoms with E-state index in [0.717, 1.165) is 0 Å². The van der Waals surface area contributed by atoms with Crippen LogP contribution in [0.4, 0.5) is 4.79 Å². The monoisotopic (exact) mass is 293 g/mol. The third-order valence-corrected chi connectivity index (χ3v) is 2.38. The van der Waals surface area contributed by atoms with Gasteiger partial charge in [0.25, 0.3) is 0 Å². The topological polar surface area (TPSA) is 55.4 Å². The minimum atomic E-state index is -0.536. The normalized spacial score (nSPS) is 10.2. The van der Waals surface area contributed by atoms with Crippen molar-refractivity contribution in [2.24, 2.45) is 0 Å². The van der Waals surface area contributed by atoms with Gasteiger partial charge >= 0.3 is 6.09 Å². The maximum absolute atomic E-state index is 11.4. The predicted molar refractivity (Wildman–Crippen MR) is 78.0 cm³/mol. The summed E-state index contributed by atoms with van der Waals surface area (Å²) in [7, 11) is 0. The molecule has 0 bridgehead atoms. The Bertz CT molecular complexity index is 565. The van der Waals surface area contributed by atoms with Gasteiger partial charge in [-0.3, -0.25) is 4.79 Å². The van der Waals surface area contributed by atoms with E-state index >= 15 is 0 Å². The van der Waals surface area contributed by atoms with Crippen molar-refractivity contribution in [2.75, 3.05) is 6.54 Å². The number of halogens is 1. The molecule has 0 aliphatic rings. The van der Waals surface area contributed by atoms with Crippen LogP contribution in [0, 0.1) is 11.8 Å². The first-order chi connectivity index (χ1) is 9.31. The minimum absolute atomic E-state index is 0.153. The summed E-state index contributed by atoms with van der Waals surface area (Å²) in [6, 6.07) is 4.83. The minimum Gasteiger partial charge on any atom is -0.444 e. The molecule has 1 aromatic rings. The predicted octanol–water partition coefficient (Wildman–Crippen LogP) is 3.03. The Morgan fingerprint density at radius 1 is 1.45 bits per heavy atom. The van der Waals surface area contributed by atoms with Gasteiger partial charge in [0.2, 0.25) is 0 Å². The van der Waals surface area contributed by atoms with Crippen LogP contribution >= 0.6 is 11.6 Å². The van der Waals surface area contributed by atoms with Crippen molar-refractivity contribution >= 4 is 24.0 Å². The van der Waals surface area contributed by atoms with E-state index in [2.05, 4.69) is 17.2 Å². The number of nitrogens with one attached hydrogen (secondary N) is 1. The highest BCUT2D eigenvalue weighted by atomic mass is 35.5. The average molecular weight is 294 g/mol. The zero-order valence-electron chi connectivity index (χ0n) is 11.6. The Morgan fingerprint density at radius 3 is 2.70 bits per heavy atom. The molecule has 0 radical (unpaired) electrons. The zero-order valence-corrected chi connectivity index (χ0v) is 12.4. The Kier molecular flexibility index (Phi) is 5.60. The lowest BCUT2D eigenvalue weighted by molar-refractivity contribution is 0.0535. The van der Waals surface area contributed by atoms with Crippen LogP contribution in [0.5, 0.6) is 0 Å². The van der Waals surface area contributed by atoms with E-state index in [1.54, 1.807) is 39.0 Å². The first-order valence-corrected chi connectivity index (χ1v) is 6.40. The number of alkyl carbamates (subject to hydrolysis) is 1. The molecule has 1 amide bonds. The van der Waals surface area contributed by atoms with E-state index in [0.29, 0.717) is 22.4 Å². The highest BCUT2D eigenvalue weighted by molar-refractivity contribution is 6.32. The van der Waals surface area contributed by atoms with Crippen molar-refractivity contribution in [1.82, 2.24) is 5.32 Å². The zero-order chi connectivity index (χ0) is 15.2. The standard InChI is InChI=1S/C15H16ClNO3/c1-15(2,3)20-14(19)17-8-4-5-12-7-6-11(10-18)9-13(12)16/h6-7,9-10H,8H2,1-3H3,(H,17,19). The van der Waals surface area contributed by atoms with Gasteiger partial charge in [-0.15, -0.1) is 0 Å². The number of amides is 1. The number of benzene rings is 1. The lowest BCUT2D eigenvalue weighted by Crippen LogP contribution is -2.32. The molecule has 0 unspecified atom stereocenters. The van der Waals surface area contributed by atoms with Crippen molar-refractivity contribution in [3.63, 3.8) is 0 Å². The molecule has 1 aromatic carbocycles. The Morgan fingerprint density at radius 2 is 2.15 bits per heavy atom. The van der Waals surface area contributed by atoms with Crippen LogP contribution in [0.2, 0.25) is 5.02 Å².